The number of pyridine rings is 1. The van der Waals surface area contributed by atoms with Crippen molar-refractivity contribution in [2.45, 2.75) is 13.1 Å². The summed E-state index contributed by atoms with van der Waals surface area (Å²) in [5.74, 6) is 3.06. The highest BCUT2D eigenvalue weighted by molar-refractivity contribution is 5.54. The van der Waals surface area contributed by atoms with Gasteiger partial charge in [0.15, 0.2) is 5.82 Å². The first-order valence-corrected chi connectivity index (χ1v) is 9.86. The van der Waals surface area contributed by atoms with Gasteiger partial charge in [-0.15, -0.1) is 10.2 Å². The van der Waals surface area contributed by atoms with Gasteiger partial charge in [0.05, 0.1) is 17.9 Å². The summed E-state index contributed by atoms with van der Waals surface area (Å²) in [6.45, 7) is 5.97. The van der Waals surface area contributed by atoms with Crippen molar-refractivity contribution in [1.29, 1.82) is 0 Å². The van der Waals surface area contributed by atoms with Gasteiger partial charge in [0, 0.05) is 52.2 Å². The van der Waals surface area contributed by atoms with Crippen molar-refractivity contribution in [2.75, 3.05) is 56.7 Å². The van der Waals surface area contributed by atoms with E-state index in [-0.39, 0.29) is 0 Å². The third-order valence-corrected chi connectivity index (χ3v) is 5.33. The van der Waals surface area contributed by atoms with Gasteiger partial charge in [0.2, 0.25) is 17.7 Å². The Hall–Kier alpha value is -2.98. The standard InChI is InChI=1S/C19H25N9O/c1-25-11-15-17(26(2)13-25)22-19(27-8-6-20-7-9-27)28(15)12-16-23-24-18(29-16)14-4-3-5-21-10-14/h3-5,10,20H,6-9,11-13H2,1-2H3. The average molecular weight is 395 g/mol. The van der Waals surface area contributed by atoms with Crippen molar-refractivity contribution in [2.24, 2.45) is 0 Å². The van der Waals surface area contributed by atoms with E-state index in [4.69, 9.17) is 9.40 Å². The molecule has 0 atom stereocenters. The number of hydrogen-bond donors (Lipinski definition) is 1. The maximum Gasteiger partial charge on any atom is 0.249 e. The van der Waals surface area contributed by atoms with Crippen LogP contribution < -0.4 is 15.1 Å². The summed E-state index contributed by atoms with van der Waals surface area (Å²) in [6, 6.07) is 3.78. The van der Waals surface area contributed by atoms with E-state index < -0.39 is 0 Å². The number of imidazole rings is 1. The third kappa shape index (κ3) is 3.45. The van der Waals surface area contributed by atoms with Crippen LogP contribution in [-0.2, 0) is 13.1 Å². The SMILES string of the molecule is CN1Cc2c(nc(N3CCNCC3)n2Cc2nnc(-c3cccnc3)o2)N(C)C1. The molecule has 1 saturated heterocycles. The molecule has 3 aromatic heterocycles. The topological polar surface area (TPSA) is 91.4 Å². The molecule has 3 aromatic rings. The van der Waals surface area contributed by atoms with Gasteiger partial charge in [-0.25, -0.2) is 0 Å². The van der Waals surface area contributed by atoms with Gasteiger partial charge >= 0.3 is 0 Å². The van der Waals surface area contributed by atoms with E-state index in [2.05, 4.69) is 53.9 Å². The lowest BCUT2D eigenvalue weighted by atomic mass is 10.3. The second kappa shape index (κ2) is 7.45. The Bertz CT molecular complexity index is 977. The first-order valence-electron chi connectivity index (χ1n) is 9.86. The van der Waals surface area contributed by atoms with E-state index in [1.165, 1.54) is 5.69 Å². The van der Waals surface area contributed by atoms with Crippen molar-refractivity contribution in [3.8, 4) is 11.5 Å². The van der Waals surface area contributed by atoms with Gasteiger partial charge in [0.25, 0.3) is 0 Å². The minimum atomic E-state index is 0.486. The fourth-order valence-electron chi connectivity index (χ4n) is 3.99. The van der Waals surface area contributed by atoms with Crippen LogP contribution in [0.25, 0.3) is 11.5 Å². The monoisotopic (exact) mass is 395 g/mol. The summed E-state index contributed by atoms with van der Waals surface area (Å²) in [6.07, 6.45) is 3.46. The predicted octanol–water partition coefficient (Wildman–Crippen LogP) is 0.625. The Morgan fingerprint density at radius 1 is 1.17 bits per heavy atom. The molecule has 2 aliphatic heterocycles. The minimum Gasteiger partial charge on any atom is -0.419 e. The molecular weight excluding hydrogens is 370 g/mol. The van der Waals surface area contributed by atoms with Gasteiger partial charge < -0.3 is 24.1 Å². The van der Waals surface area contributed by atoms with E-state index in [0.717, 1.165) is 56.7 Å². The molecule has 5 heterocycles. The van der Waals surface area contributed by atoms with Crippen LogP contribution >= 0.6 is 0 Å². The lowest BCUT2D eigenvalue weighted by Crippen LogP contribution is -2.44. The minimum absolute atomic E-state index is 0.486. The highest BCUT2D eigenvalue weighted by Crippen LogP contribution is 2.31. The van der Waals surface area contributed by atoms with Crippen LogP contribution in [0.5, 0.6) is 0 Å². The first kappa shape index (κ1) is 18.1. The van der Waals surface area contributed by atoms with Crippen molar-refractivity contribution in [1.82, 2.24) is 34.9 Å². The second-order valence-corrected chi connectivity index (χ2v) is 7.60. The number of anilines is 2. The molecule has 1 N–H and O–H groups in total. The zero-order chi connectivity index (χ0) is 19.8. The van der Waals surface area contributed by atoms with Crippen molar-refractivity contribution >= 4 is 11.8 Å². The Balaban J connectivity index is 1.51. The molecule has 0 aromatic carbocycles. The molecule has 29 heavy (non-hydrogen) atoms. The Labute approximate surface area is 169 Å². The normalized spacial score (nSPS) is 17.6. The Kier molecular flexibility index (Phi) is 4.64. The lowest BCUT2D eigenvalue weighted by molar-refractivity contribution is 0.304. The largest absolute Gasteiger partial charge is 0.419 e. The second-order valence-electron chi connectivity index (χ2n) is 7.60. The molecule has 0 bridgehead atoms. The lowest BCUT2D eigenvalue weighted by Gasteiger charge is -2.31. The van der Waals surface area contributed by atoms with Crippen LogP contribution in [-0.4, -0.2) is 76.6 Å². The molecular formula is C19H25N9O. The van der Waals surface area contributed by atoms with Crippen LogP contribution in [0.2, 0.25) is 0 Å². The molecule has 0 aliphatic carbocycles. The predicted molar refractivity (Wildman–Crippen MR) is 109 cm³/mol. The molecule has 0 radical (unpaired) electrons. The average Bonchev–Trinajstić information content (AvgIpc) is 3.35. The maximum atomic E-state index is 5.96. The summed E-state index contributed by atoms with van der Waals surface area (Å²) in [5, 5.41) is 11.9. The summed E-state index contributed by atoms with van der Waals surface area (Å²) in [7, 11) is 4.20. The number of nitrogens with zero attached hydrogens (tertiary/aromatic N) is 8. The molecule has 10 nitrogen and oxygen atoms in total. The third-order valence-electron chi connectivity index (χ3n) is 5.33. The number of nitrogens with one attached hydrogen (secondary N) is 1. The van der Waals surface area contributed by atoms with Gasteiger partial charge in [-0.05, 0) is 19.2 Å². The molecule has 0 spiro atoms. The van der Waals surface area contributed by atoms with Crippen molar-refractivity contribution in [3.63, 3.8) is 0 Å². The van der Waals surface area contributed by atoms with Crippen molar-refractivity contribution in [3.05, 3.63) is 36.1 Å². The molecule has 0 unspecified atom stereocenters. The summed E-state index contributed by atoms with van der Waals surface area (Å²) >= 11 is 0. The molecule has 5 rings (SSSR count). The highest BCUT2D eigenvalue weighted by Gasteiger charge is 2.29. The van der Waals surface area contributed by atoms with Crippen LogP contribution in [0, 0.1) is 0 Å². The van der Waals surface area contributed by atoms with E-state index >= 15 is 0 Å². The van der Waals surface area contributed by atoms with Crippen molar-refractivity contribution < 1.29 is 4.42 Å². The number of rotatable bonds is 4. The van der Waals surface area contributed by atoms with E-state index in [1.54, 1.807) is 12.4 Å². The fraction of sp³-hybridized carbons (Fsp3) is 0.474. The fourth-order valence-corrected chi connectivity index (χ4v) is 3.99. The van der Waals surface area contributed by atoms with Gasteiger partial charge in [-0.2, -0.15) is 4.98 Å². The zero-order valence-electron chi connectivity index (χ0n) is 16.7. The number of hydrogen-bond acceptors (Lipinski definition) is 9. The quantitative estimate of drug-likeness (QED) is 0.683. The molecule has 2 aliphatic rings. The Morgan fingerprint density at radius 2 is 2.03 bits per heavy atom. The molecule has 152 valence electrons. The summed E-state index contributed by atoms with van der Waals surface area (Å²) < 4.78 is 8.19. The van der Waals surface area contributed by atoms with Crippen LogP contribution in [0.3, 0.4) is 0 Å². The Morgan fingerprint density at radius 3 is 2.83 bits per heavy atom. The number of fused-ring (bicyclic) bond motifs is 1. The van der Waals surface area contributed by atoms with E-state index in [1.807, 2.05) is 12.1 Å². The van der Waals surface area contributed by atoms with Gasteiger partial charge in [-0.1, -0.05) is 0 Å². The van der Waals surface area contributed by atoms with Crippen LogP contribution in [0.4, 0.5) is 11.8 Å². The highest BCUT2D eigenvalue weighted by atomic mass is 16.4. The molecule has 0 saturated carbocycles. The maximum absolute atomic E-state index is 5.96. The molecule has 10 heteroatoms. The summed E-state index contributed by atoms with van der Waals surface area (Å²) in [5.41, 5.74) is 2.00. The van der Waals surface area contributed by atoms with Crippen LogP contribution in [0.15, 0.2) is 28.9 Å². The first-order chi connectivity index (χ1) is 14.2. The van der Waals surface area contributed by atoms with Crippen LogP contribution in [0.1, 0.15) is 11.6 Å². The van der Waals surface area contributed by atoms with Gasteiger partial charge in [0.1, 0.15) is 6.54 Å². The van der Waals surface area contributed by atoms with Gasteiger partial charge in [-0.3, -0.25) is 9.88 Å². The van der Waals surface area contributed by atoms with E-state index in [9.17, 15) is 0 Å². The van der Waals surface area contributed by atoms with E-state index in [0.29, 0.717) is 18.3 Å². The number of piperazine rings is 1. The molecule has 1 fully saturated rings. The zero-order valence-corrected chi connectivity index (χ0v) is 16.7. The smallest absolute Gasteiger partial charge is 0.249 e. The number of aromatic nitrogens is 5. The summed E-state index contributed by atoms with van der Waals surface area (Å²) in [4.78, 5) is 15.9. The molecule has 0 amide bonds.